The molecule has 27 heavy (non-hydrogen) atoms. The Balaban J connectivity index is 2.32. The number of rotatable bonds is 6. The van der Waals surface area contributed by atoms with Crippen LogP contribution in [-0.4, -0.2) is 34.5 Å². The maximum Gasteiger partial charge on any atom is 0.341 e. The summed E-state index contributed by atoms with van der Waals surface area (Å²) in [6, 6.07) is 8.06. The van der Waals surface area contributed by atoms with Crippen molar-refractivity contribution in [1.29, 1.82) is 0 Å². The van der Waals surface area contributed by atoms with Crippen molar-refractivity contribution in [2.24, 2.45) is 0 Å². The smallest absolute Gasteiger partial charge is 0.341 e. The Kier molecular flexibility index (Phi) is 6.29. The number of methoxy groups -OCH3 is 2. The predicted octanol–water partition coefficient (Wildman–Crippen LogP) is 2.89. The molecule has 2 N–H and O–H groups in total. The predicted molar refractivity (Wildman–Crippen MR) is 101 cm³/mol. The van der Waals surface area contributed by atoms with Gasteiger partial charge in [-0.05, 0) is 30.3 Å². The average Bonchev–Trinajstić information content (AvgIpc) is 2.61. The van der Waals surface area contributed by atoms with Gasteiger partial charge in [0.05, 0.1) is 35.5 Å². The fourth-order valence-corrected chi connectivity index (χ4v) is 3.57. The molecule has 0 fully saturated rings. The summed E-state index contributed by atoms with van der Waals surface area (Å²) >= 11 is 6.02. The molecule has 2 aromatic rings. The van der Waals surface area contributed by atoms with Crippen molar-refractivity contribution >= 4 is 44.9 Å². The van der Waals surface area contributed by atoms with Crippen LogP contribution in [0.15, 0.2) is 41.3 Å². The van der Waals surface area contributed by atoms with Crippen molar-refractivity contribution in [3.05, 3.63) is 47.0 Å². The first-order chi connectivity index (χ1) is 12.7. The molecule has 0 radical (unpaired) electrons. The minimum Gasteiger partial charge on any atom is -0.496 e. The second-order valence-electron chi connectivity index (χ2n) is 5.33. The third-order valence-corrected chi connectivity index (χ3v) is 5.11. The van der Waals surface area contributed by atoms with Crippen molar-refractivity contribution in [3.63, 3.8) is 0 Å². The van der Waals surface area contributed by atoms with Crippen LogP contribution < -0.4 is 14.8 Å². The summed E-state index contributed by atoms with van der Waals surface area (Å²) in [5.41, 5.74) is 0.638. The van der Waals surface area contributed by atoms with Crippen LogP contribution in [0.5, 0.6) is 5.75 Å². The minimum atomic E-state index is -3.96. The summed E-state index contributed by atoms with van der Waals surface area (Å²) in [7, 11) is -1.39. The minimum absolute atomic E-state index is 0.0756. The summed E-state index contributed by atoms with van der Waals surface area (Å²) in [5.74, 6) is -0.786. The molecule has 144 valence electrons. The zero-order valence-electron chi connectivity index (χ0n) is 14.7. The fraction of sp³-hybridized carbons (Fsp3) is 0.176. The zero-order chi connectivity index (χ0) is 20.2. The lowest BCUT2D eigenvalue weighted by Crippen LogP contribution is -2.14. The molecule has 0 saturated heterocycles. The molecule has 0 aliphatic rings. The fourth-order valence-electron chi connectivity index (χ4n) is 2.20. The molecule has 0 heterocycles. The van der Waals surface area contributed by atoms with Gasteiger partial charge in [-0.25, -0.2) is 13.2 Å². The van der Waals surface area contributed by atoms with Crippen molar-refractivity contribution in [2.45, 2.75) is 11.8 Å². The largest absolute Gasteiger partial charge is 0.496 e. The number of carbonyl (C=O) groups is 2. The molecule has 0 spiro atoms. The Morgan fingerprint density at radius 1 is 1.07 bits per heavy atom. The van der Waals surface area contributed by atoms with Gasteiger partial charge in [-0.1, -0.05) is 11.6 Å². The number of halogens is 1. The standard InChI is InChI=1S/C17H17ClN2O6S/c1-10(21)19-15-7-5-12(9-14(15)18)27(23,24)20-11-4-6-13(17(22)26-3)16(8-11)25-2/h4-9,20H,1-3H3,(H,19,21). The number of hydrogen-bond acceptors (Lipinski definition) is 6. The maximum atomic E-state index is 12.6. The van der Waals surface area contributed by atoms with Crippen LogP contribution in [-0.2, 0) is 19.6 Å². The van der Waals surface area contributed by atoms with Crippen LogP contribution in [0.2, 0.25) is 5.02 Å². The highest BCUT2D eigenvalue weighted by molar-refractivity contribution is 7.92. The van der Waals surface area contributed by atoms with Crippen molar-refractivity contribution < 1.29 is 27.5 Å². The highest BCUT2D eigenvalue weighted by Gasteiger charge is 2.19. The van der Waals surface area contributed by atoms with E-state index in [1.54, 1.807) is 0 Å². The molecule has 0 saturated carbocycles. The molecular formula is C17H17ClN2O6S. The van der Waals surface area contributed by atoms with Gasteiger partial charge in [-0.2, -0.15) is 0 Å². The molecule has 0 unspecified atom stereocenters. The maximum absolute atomic E-state index is 12.6. The number of carbonyl (C=O) groups excluding carboxylic acids is 2. The molecule has 2 rings (SSSR count). The first-order valence-corrected chi connectivity index (χ1v) is 9.40. The first-order valence-electron chi connectivity index (χ1n) is 7.54. The van der Waals surface area contributed by atoms with Crippen LogP contribution >= 0.6 is 11.6 Å². The number of esters is 1. The summed E-state index contributed by atoms with van der Waals surface area (Å²) in [6.07, 6.45) is 0. The Hall–Kier alpha value is -2.78. The zero-order valence-corrected chi connectivity index (χ0v) is 16.3. The van der Waals surface area contributed by atoms with Gasteiger partial charge >= 0.3 is 5.97 Å². The number of sulfonamides is 1. The van der Waals surface area contributed by atoms with E-state index in [9.17, 15) is 18.0 Å². The quantitative estimate of drug-likeness (QED) is 0.706. The SMILES string of the molecule is COC(=O)c1ccc(NS(=O)(=O)c2ccc(NC(C)=O)c(Cl)c2)cc1OC. The van der Waals surface area contributed by atoms with Crippen molar-refractivity contribution in [3.8, 4) is 5.75 Å². The van der Waals surface area contributed by atoms with E-state index in [-0.39, 0.29) is 32.8 Å². The van der Waals surface area contributed by atoms with E-state index >= 15 is 0 Å². The van der Waals surface area contributed by atoms with E-state index in [4.69, 9.17) is 16.3 Å². The van der Waals surface area contributed by atoms with Gasteiger partial charge in [0.1, 0.15) is 11.3 Å². The van der Waals surface area contributed by atoms with Crippen LogP contribution in [0.1, 0.15) is 17.3 Å². The van der Waals surface area contributed by atoms with Crippen molar-refractivity contribution in [2.75, 3.05) is 24.3 Å². The normalized spacial score (nSPS) is 10.8. The molecule has 8 nitrogen and oxygen atoms in total. The lowest BCUT2D eigenvalue weighted by atomic mass is 10.2. The molecule has 0 aliphatic heterocycles. The Bertz CT molecular complexity index is 991. The number of hydrogen-bond donors (Lipinski definition) is 2. The van der Waals surface area contributed by atoms with E-state index in [0.717, 1.165) is 0 Å². The Morgan fingerprint density at radius 3 is 2.33 bits per heavy atom. The first kappa shape index (κ1) is 20.5. The summed E-state index contributed by atoms with van der Waals surface area (Å²) < 4.78 is 37.3. The van der Waals surface area contributed by atoms with Crippen LogP contribution in [0.25, 0.3) is 0 Å². The lowest BCUT2D eigenvalue weighted by Gasteiger charge is -2.12. The van der Waals surface area contributed by atoms with Gasteiger partial charge in [0.15, 0.2) is 0 Å². The van der Waals surface area contributed by atoms with Gasteiger partial charge in [0.25, 0.3) is 10.0 Å². The highest BCUT2D eigenvalue weighted by Crippen LogP contribution is 2.28. The molecule has 0 aromatic heterocycles. The third kappa shape index (κ3) is 4.89. The molecular weight excluding hydrogens is 396 g/mol. The summed E-state index contributed by atoms with van der Waals surface area (Å²) in [4.78, 5) is 22.7. The van der Waals surface area contributed by atoms with E-state index in [1.165, 1.54) is 57.5 Å². The van der Waals surface area contributed by atoms with Gasteiger partial charge < -0.3 is 14.8 Å². The van der Waals surface area contributed by atoms with Gasteiger partial charge in [0.2, 0.25) is 5.91 Å². The molecule has 0 atom stereocenters. The number of amides is 1. The molecule has 1 amide bonds. The van der Waals surface area contributed by atoms with Gasteiger partial charge in [-0.15, -0.1) is 0 Å². The average molecular weight is 413 g/mol. The number of benzene rings is 2. The number of nitrogens with one attached hydrogen (secondary N) is 2. The van der Waals surface area contributed by atoms with Gasteiger partial charge in [-0.3, -0.25) is 9.52 Å². The van der Waals surface area contributed by atoms with E-state index in [2.05, 4.69) is 14.8 Å². The number of anilines is 2. The van der Waals surface area contributed by atoms with Crippen LogP contribution in [0.3, 0.4) is 0 Å². The second-order valence-corrected chi connectivity index (χ2v) is 7.42. The summed E-state index contributed by atoms with van der Waals surface area (Å²) in [6.45, 7) is 1.31. The lowest BCUT2D eigenvalue weighted by molar-refractivity contribution is -0.114. The second kappa shape index (κ2) is 8.28. The van der Waals surface area contributed by atoms with E-state index in [0.29, 0.717) is 5.69 Å². The summed E-state index contributed by atoms with van der Waals surface area (Å²) in [5, 5.41) is 2.57. The van der Waals surface area contributed by atoms with Crippen LogP contribution in [0.4, 0.5) is 11.4 Å². The Labute approximate surface area is 161 Å². The molecule has 10 heteroatoms. The third-order valence-electron chi connectivity index (χ3n) is 3.42. The highest BCUT2D eigenvalue weighted by atomic mass is 35.5. The van der Waals surface area contributed by atoms with Crippen LogP contribution in [0, 0.1) is 0 Å². The number of ether oxygens (including phenoxy) is 2. The molecule has 2 aromatic carbocycles. The topological polar surface area (TPSA) is 111 Å². The van der Waals surface area contributed by atoms with E-state index < -0.39 is 16.0 Å². The molecule has 0 bridgehead atoms. The monoisotopic (exact) mass is 412 g/mol. The van der Waals surface area contributed by atoms with Gasteiger partial charge in [0, 0.05) is 13.0 Å². The Morgan fingerprint density at radius 2 is 1.78 bits per heavy atom. The van der Waals surface area contributed by atoms with Crippen molar-refractivity contribution in [1.82, 2.24) is 0 Å². The molecule has 0 aliphatic carbocycles. The van der Waals surface area contributed by atoms with E-state index in [1.807, 2.05) is 0 Å².